The number of nitrogens with zero attached hydrogens (tertiary/aromatic N) is 3. The number of fused-ring (bicyclic) bond motifs is 1. The van der Waals surface area contributed by atoms with Gasteiger partial charge in [0.25, 0.3) is 0 Å². The molecule has 1 N–H and O–H groups in total. The Morgan fingerprint density at radius 3 is 2.72 bits per heavy atom. The largest absolute Gasteiger partial charge is 0.493 e. The Morgan fingerprint density at radius 1 is 1.32 bits per heavy atom. The van der Waals surface area contributed by atoms with Crippen molar-refractivity contribution in [2.75, 3.05) is 12.4 Å². The van der Waals surface area contributed by atoms with Crippen LogP contribution in [0.2, 0.25) is 0 Å². The summed E-state index contributed by atoms with van der Waals surface area (Å²) < 4.78 is 13.0. The molecule has 0 spiro atoms. The minimum Gasteiger partial charge on any atom is -0.493 e. The van der Waals surface area contributed by atoms with Crippen molar-refractivity contribution in [2.45, 2.75) is 39.8 Å². The highest BCUT2D eigenvalue weighted by atomic mass is 16.5. The molecule has 2 heterocycles. The Kier molecular flexibility index (Phi) is 4.48. The summed E-state index contributed by atoms with van der Waals surface area (Å²) in [6, 6.07) is 5.31. The number of carbonyl (C=O) groups is 1. The van der Waals surface area contributed by atoms with E-state index in [1.807, 2.05) is 39.0 Å². The lowest BCUT2D eigenvalue weighted by Crippen LogP contribution is -2.27. The first-order valence-electron chi connectivity index (χ1n) is 8.15. The third kappa shape index (κ3) is 3.09. The van der Waals surface area contributed by atoms with Gasteiger partial charge in [-0.2, -0.15) is 10.1 Å². The van der Waals surface area contributed by atoms with Crippen molar-refractivity contribution in [3.05, 3.63) is 41.4 Å². The third-order valence-electron chi connectivity index (χ3n) is 4.04. The van der Waals surface area contributed by atoms with Crippen molar-refractivity contribution in [1.29, 1.82) is 0 Å². The lowest BCUT2D eigenvalue weighted by atomic mass is 9.93. The second-order valence-corrected chi connectivity index (χ2v) is 6.23. The van der Waals surface area contributed by atoms with Gasteiger partial charge in [0.1, 0.15) is 12.4 Å². The van der Waals surface area contributed by atoms with Crippen LogP contribution < -0.4 is 14.8 Å². The van der Waals surface area contributed by atoms with Crippen molar-refractivity contribution >= 4 is 11.7 Å². The van der Waals surface area contributed by atoms with Gasteiger partial charge >= 0.3 is 0 Å². The van der Waals surface area contributed by atoms with Gasteiger partial charge < -0.3 is 14.8 Å². The third-order valence-corrected chi connectivity index (χ3v) is 4.04. The molecule has 132 valence electrons. The maximum Gasteiger partial charge on any atom is 0.226 e. The molecule has 7 heteroatoms. The maximum absolute atomic E-state index is 12.3. The summed E-state index contributed by atoms with van der Waals surface area (Å²) in [5.41, 5.74) is 2.31. The van der Waals surface area contributed by atoms with Crippen LogP contribution >= 0.6 is 0 Å². The number of anilines is 1. The minimum atomic E-state index is -0.363. The summed E-state index contributed by atoms with van der Waals surface area (Å²) >= 11 is 0. The average molecular weight is 342 g/mol. The van der Waals surface area contributed by atoms with Gasteiger partial charge in [0.15, 0.2) is 17.3 Å². The lowest BCUT2D eigenvalue weighted by molar-refractivity contribution is -0.114. The van der Waals surface area contributed by atoms with Crippen LogP contribution in [-0.4, -0.2) is 33.8 Å². The first-order valence-corrected chi connectivity index (χ1v) is 8.15. The molecule has 0 aliphatic carbocycles. The molecule has 7 nitrogen and oxygen atoms in total. The van der Waals surface area contributed by atoms with Gasteiger partial charge in [-0.25, -0.2) is 4.68 Å². The number of ether oxygens (including phenoxy) is 2. The van der Waals surface area contributed by atoms with Crippen molar-refractivity contribution in [2.24, 2.45) is 0 Å². The number of Topliss-reactive ketones (excluding diaryl/α,β-unsaturated/α-hetero) is 1. The van der Waals surface area contributed by atoms with Gasteiger partial charge in [-0.05, 0) is 45.4 Å². The maximum atomic E-state index is 12.3. The quantitative estimate of drug-likeness (QED) is 0.900. The first-order chi connectivity index (χ1) is 11.9. The molecular formula is C18H22N4O3. The van der Waals surface area contributed by atoms with E-state index in [1.54, 1.807) is 18.7 Å². The van der Waals surface area contributed by atoms with E-state index in [2.05, 4.69) is 15.4 Å². The predicted molar refractivity (Wildman–Crippen MR) is 93.9 cm³/mol. The zero-order chi connectivity index (χ0) is 18.1. The van der Waals surface area contributed by atoms with Crippen LogP contribution in [0.25, 0.3) is 0 Å². The fourth-order valence-corrected chi connectivity index (χ4v) is 3.06. The Balaban J connectivity index is 2.12. The Hall–Kier alpha value is -2.83. The molecule has 1 aromatic carbocycles. The highest BCUT2D eigenvalue weighted by Crippen LogP contribution is 2.38. The molecule has 0 fully saturated rings. The molecule has 0 bridgehead atoms. The molecular weight excluding hydrogens is 320 g/mol. The summed E-state index contributed by atoms with van der Waals surface area (Å²) in [7, 11) is 1.60. The smallest absolute Gasteiger partial charge is 0.226 e. The number of ketones is 1. The summed E-state index contributed by atoms with van der Waals surface area (Å²) in [6.07, 6.45) is 1.51. The Bertz CT molecular complexity index is 839. The summed E-state index contributed by atoms with van der Waals surface area (Å²) in [5, 5.41) is 7.42. The SMILES string of the molecule is COc1cc([C@@H]2C(C(C)=O)=C(C)Nc3ncnn32)ccc1OC(C)C. The van der Waals surface area contributed by atoms with E-state index >= 15 is 0 Å². The number of rotatable bonds is 5. The van der Waals surface area contributed by atoms with E-state index in [-0.39, 0.29) is 17.9 Å². The van der Waals surface area contributed by atoms with Crippen molar-refractivity contribution < 1.29 is 14.3 Å². The molecule has 1 aliphatic heterocycles. The zero-order valence-electron chi connectivity index (χ0n) is 15.0. The summed E-state index contributed by atoms with van der Waals surface area (Å²) in [6.45, 7) is 7.35. The lowest BCUT2D eigenvalue weighted by Gasteiger charge is -2.28. The number of aromatic nitrogens is 3. The van der Waals surface area contributed by atoms with Crippen LogP contribution in [0.1, 0.15) is 39.3 Å². The molecule has 0 radical (unpaired) electrons. The van der Waals surface area contributed by atoms with E-state index in [1.165, 1.54) is 6.33 Å². The van der Waals surface area contributed by atoms with Crippen LogP contribution in [0, 0.1) is 0 Å². The van der Waals surface area contributed by atoms with Crippen LogP contribution in [0.15, 0.2) is 35.8 Å². The van der Waals surface area contributed by atoms with Crippen LogP contribution in [0.5, 0.6) is 11.5 Å². The molecule has 1 aromatic heterocycles. The fraction of sp³-hybridized carbons (Fsp3) is 0.389. The summed E-state index contributed by atoms with van der Waals surface area (Å²) in [5.74, 6) is 1.87. The van der Waals surface area contributed by atoms with E-state index < -0.39 is 0 Å². The van der Waals surface area contributed by atoms with Gasteiger partial charge in [-0.1, -0.05) is 6.07 Å². The summed E-state index contributed by atoms with van der Waals surface area (Å²) in [4.78, 5) is 16.5. The number of methoxy groups -OCH3 is 1. The Morgan fingerprint density at radius 2 is 2.08 bits per heavy atom. The van der Waals surface area contributed by atoms with E-state index in [0.717, 1.165) is 11.3 Å². The number of carbonyl (C=O) groups excluding carboxylic acids is 1. The van der Waals surface area contributed by atoms with Gasteiger partial charge in [0, 0.05) is 11.3 Å². The zero-order valence-corrected chi connectivity index (χ0v) is 15.0. The van der Waals surface area contributed by atoms with Crippen LogP contribution in [0.3, 0.4) is 0 Å². The van der Waals surface area contributed by atoms with Crippen LogP contribution in [0.4, 0.5) is 5.95 Å². The van der Waals surface area contributed by atoms with E-state index in [9.17, 15) is 4.79 Å². The van der Waals surface area contributed by atoms with Gasteiger partial charge in [0.2, 0.25) is 5.95 Å². The van der Waals surface area contributed by atoms with E-state index in [0.29, 0.717) is 23.0 Å². The standard InChI is InChI=1S/C18H22N4O3/c1-10(2)25-14-7-6-13(8-15(14)24-5)17-16(12(4)23)11(3)21-18-19-9-20-22(17)18/h6-10,17H,1-5H3,(H,19,20,21)/t17-/m1/s1. The van der Waals surface area contributed by atoms with Crippen molar-refractivity contribution in [3.63, 3.8) is 0 Å². The average Bonchev–Trinajstić information content (AvgIpc) is 3.01. The second kappa shape index (κ2) is 6.58. The normalized spacial score (nSPS) is 16.5. The monoisotopic (exact) mass is 342 g/mol. The highest BCUT2D eigenvalue weighted by molar-refractivity contribution is 5.96. The number of nitrogens with one attached hydrogen (secondary N) is 1. The molecule has 25 heavy (non-hydrogen) atoms. The highest BCUT2D eigenvalue weighted by Gasteiger charge is 2.32. The molecule has 0 saturated heterocycles. The molecule has 0 amide bonds. The van der Waals surface area contributed by atoms with Crippen molar-refractivity contribution in [3.8, 4) is 11.5 Å². The number of allylic oxidation sites excluding steroid dienone is 2. The molecule has 0 unspecified atom stereocenters. The fourth-order valence-electron chi connectivity index (χ4n) is 3.06. The van der Waals surface area contributed by atoms with Gasteiger partial charge in [-0.15, -0.1) is 0 Å². The first kappa shape index (κ1) is 17.0. The minimum absolute atomic E-state index is 0.0161. The molecule has 3 rings (SSSR count). The molecule has 0 saturated carbocycles. The number of hydrogen-bond acceptors (Lipinski definition) is 6. The molecule has 1 atom stereocenters. The van der Waals surface area contributed by atoms with Gasteiger partial charge in [-0.3, -0.25) is 4.79 Å². The van der Waals surface area contributed by atoms with E-state index in [4.69, 9.17) is 9.47 Å². The Labute approximate surface area is 146 Å². The number of hydrogen-bond donors (Lipinski definition) is 1. The molecule has 1 aliphatic rings. The predicted octanol–water partition coefficient (Wildman–Crippen LogP) is 2.95. The molecule has 2 aromatic rings. The van der Waals surface area contributed by atoms with Crippen molar-refractivity contribution in [1.82, 2.24) is 14.8 Å². The van der Waals surface area contributed by atoms with Crippen LogP contribution in [-0.2, 0) is 4.79 Å². The topological polar surface area (TPSA) is 78.3 Å². The second-order valence-electron chi connectivity index (χ2n) is 6.23. The van der Waals surface area contributed by atoms with Gasteiger partial charge in [0.05, 0.1) is 13.2 Å². The number of benzene rings is 1.